The van der Waals surface area contributed by atoms with E-state index in [1.165, 1.54) is 7.11 Å². The van der Waals surface area contributed by atoms with Crippen LogP contribution in [0.1, 0.15) is 40.5 Å². The largest absolute Gasteiger partial charge is 0.493 e. The molecule has 0 heterocycles. The van der Waals surface area contributed by atoms with Crippen LogP contribution in [-0.4, -0.2) is 38.6 Å². The van der Waals surface area contributed by atoms with E-state index in [4.69, 9.17) is 15.2 Å². The average Bonchev–Trinajstić information content (AvgIpc) is 2.72. The summed E-state index contributed by atoms with van der Waals surface area (Å²) < 4.78 is 11.0. The van der Waals surface area contributed by atoms with Gasteiger partial charge in [0, 0.05) is 18.7 Å². The Bertz CT molecular complexity index is 814. The zero-order valence-corrected chi connectivity index (χ0v) is 17.5. The summed E-state index contributed by atoms with van der Waals surface area (Å²) in [5.41, 5.74) is 6.61. The maximum Gasteiger partial charge on any atom is 0.255 e. The normalized spacial score (nSPS) is 9.90. The SMILES string of the molecule is CCCCOc1ccc(C(=O)Nc2ccccc2C(=O)NCCN)cc1OC.Cl. The Morgan fingerprint density at radius 2 is 1.83 bits per heavy atom. The van der Waals surface area contributed by atoms with Gasteiger partial charge in [-0.2, -0.15) is 0 Å². The third-order valence-corrected chi connectivity index (χ3v) is 4.03. The van der Waals surface area contributed by atoms with Gasteiger partial charge in [-0.3, -0.25) is 9.59 Å². The number of carbonyl (C=O) groups excluding carboxylic acids is 2. The zero-order valence-electron chi connectivity index (χ0n) is 16.7. The number of halogens is 1. The Morgan fingerprint density at radius 1 is 1.07 bits per heavy atom. The molecule has 158 valence electrons. The number of amides is 2. The average molecular weight is 422 g/mol. The van der Waals surface area contributed by atoms with E-state index in [1.807, 2.05) is 0 Å². The van der Waals surface area contributed by atoms with E-state index in [1.54, 1.807) is 42.5 Å². The zero-order chi connectivity index (χ0) is 20.4. The van der Waals surface area contributed by atoms with Crippen LogP contribution in [0.3, 0.4) is 0 Å². The summed E-state index contributed by atoms with van der Waals surface area (Å²) in [6.07, 6.45) is 1.97. The second-order valence-electron chi connectivity index (χ2n) is 6.11. The van der Waals surface area contributed by atoms with Crippen LogP contribution in [-0.2, 0) is 0 Å². The number of anilines is 1. The minimum atomic E-state index is -0.350. The summed E-state index contributed by atoms with van der Waals surface area (Å²) in [4.78, 5) is 24.9. The number of ether oxygens (including phenoxy) is 2. The lowest BCUT2D eigenvalue weighted by Crippen LogP contribution is -2.30. The van der Waals surface area contributed by atoms with Gasteiger partial charge in [0.1, 0.15) is 0 Å². The van der Waals surface area contributed by atoms with Crippen molar-refractivity contribution in [2.75, 3.05) is 32.1 Å². The number of nitrogens with two attached hydrogens (primary N) is 1. The van der Waals surface area contributed by atoms with E-state index >= 15 is 0 Å². The first kappa shape index (κ1) is 24.3. The van der Waals surface area contributed by atoms with Crippen LogP contribution in [0.25, 0.3) is 0 Å². The van der Waals surface area contributed by atoms with Gasteiger partial charge in [-0.15, -0.1) is 12.4 Å². The smallest absolute Gasteiger partial charge is 0.255 e. The number of carbonyl (C=O) groups is 2. The molecule has 0 unspecified atom stereocenters. The number of nitrogens with one attached hydrogen (secondary N) is 2. The number of hydrogen-bond donors (Lipinski definition) is 3. The van der Waals surface area contributed by atoms with E-state index in [0.717, 1.165) is 12.8 Å². The molecule has 2 rings (SSSR count). The predicted octanol–water partition coefficient (Wildman–Crippen LogP) is 3.24. The maximum atomic E-state index is 12.7. The number of para-hydroxylation sites is 1. The third kappa shape index (κ3) is 6.96. The molecule has 2 amide bonds. The fourth-order valence-corrected chi connectivity index (χ4v) is 2.52. The van der Waals surface area contributed by atoms with Crippen LogP contribution >= 0.6 is 12.4 Å². The lowest BCUT2D eigenvalue weighted by atomic mass is 10.1. The molecule has 0 aliphatic heterocycles. The van der Waals surface area contributed by atoms with Gasteiger partial charge in [0.2, 0.25) is 0 Å². The minimum absolute atomic E-state index is 0. The van der Waals surface area contributed by atoms with Crippen LogP contribution < -0.4 is 25.8 Å². The highest BCUT2D eigenvalue weighted by molar-refractivity contribution is 6.09. The summed E-state index contributed by atoms with van der Waals surface area (Å²) >= 11 is 0. The minimum Gasteiger partial charge on any atom is -0.493 e. The second kappa shape index (κ2) is 12.6. The van der Waals surface area contributed by atoms with Crippen LogP contribution in [0.2, 0.25) is 0 Å². The summed E-state index contributed by atoms with van der Waals surface area (Å²) in [6, 6.07) is 11.8. The lowest BCUT2D eigenvalue weighted by molar-refractivity contribution is 0.0955. The number of rotatable bonds is 10. The van der Waals surface area contributed by atoms with Crippen LogP contribution in [0, 0.1) is 0 Å². The monoisotopic (exact) mass is 421 g/mol. The van der Waals surface area contributed by atoms with Crippen molar-refractivity contribution >= 4 is 29.9 Å². The molecular weight excluding hydrogens is 394 g/mol. The molecule has 0 aliphatic carbocycles. The van der Waals surface area contributed by atoms with Crippen molar-refractivity contribution in [2.45, 2.75) is 19.8 Å². The van der Waals surface area contributed by atoms with E-state index in [0.29, 0.717) is 48.0 Å². The number of methoxy groups -OCH3 is 1. The van der Waals surface area contributed by atoms with E-state index < -0.39 is 0 Å². The van der Waals surface area contributed by atoms with Crippen molar-refractivity contribution in [3.63, 3.8) is 0 Å². The molecule has 0 saturated carbocycles. The Morgan fingerprint density at radius 3 is 2.52 bits per heavy atom. The highest BCUT2D eigenvalue weighted by atomic mass is 35.5. The highest BCUT2D eigenvalue weighted by Gasteiger charge is 2.15. The molecule has 7 nitrogen and oxygen atoms in total. The molecule has 0 atom stereocenters. The maximum absolute atomic E-state index is 12.7. The molecular formula is C21H28ClN3O4. The van der Waals surface area contributed by atoms with Gasteiger partial charge in [0.05, 0.1) is 25.0 Å². The van der Waals surface area contributed by atoms with Crippen molar-refractivity contribution in [1.29, 1.82) is 0 Å². The molecule has 2 aromatic carbocycles. The van der Waals surface area contributed by atoms with Crippen molar-refractivity contribution in [1.82, 2.24) is 5.32 Å². The molecule has 4 N–H and O–H groups in total. The van der Waals surface area contributed by atoms with Crippen LogP contribution in [0.5, 0.6) is 11.5 Å². The Kier molecular flexibility index (Phi) is 10.6. The molecule has 2 aromatic rings. The second-order valence-corrected chi connectivity index (χ2v) is 6.11. The van der Waals surface area contributed by atoms with Crippen molar-refractivity contribution in [3.05, 3.63) is 53.6 Å². The number of hydrogen-bond acceptors (Lipinski definition) is 5. The fraction of sp³-hybridized carbons (Fsp3) is 0.333. The Balaban J connectivity index is 0.00000420. The summed E-state index contributed by atoms with van der Waals surface area (Å²) in [7, 11) is 1.53. The fourth-order valence-electron chi connectivity index (χ4n) is 2.52. The van der Waals surface area contributed by atoms with Gasteiger partial charge in [0.25, 0.3) is 11.8 Å². The molecule has 0 bridgehead atoms. The van der Waals surface area contributed by atoms with Gasteiger partial charge in [0.15, 0.2) is 11.5 Å². The first-order chi connectivity index (χ1) is 13.6. The van der Waals surface area contributed by atoms with Crippen LogP contribution in [0.4, 0.5) is 5.69 Å². The first-order valence-electron chi connectivity index (χ1n) is 9.30. The van der Waals surface area contributed by atoms with Crippen molar-refractivity contribution in [2.24, 2.45) is 5.73 Å². The Hall–Kier alpha value is -2.77. The molecule has 29 heavy (non-hydrogen) atoms. The third-order valence-electron chi connectivity index (χ3n) is 4.03. The summed E-state index contributed by atoms with van der Waals surface area (Å²) in [5.74, 6) is 0.433. The molecule has 8 heteroatoms. The molecule has 0 radical (unpaired) electrons. The highest BCUT2D eigenvalue weighted by Crippen LogP contribution is 2.29. The van der Waals surface area contributed by atoms with Gasteiger partial charge < -0.3 is 25.8 Å². The van der Waals surface area contributed by atoms with Crippen LogP contribution in [0.15, 0.2) is 42.5 Å². The van der Waals surface area contributed by atoms with E-state index in [2.05, 4.69) is 17.6 Å². The van der Waals surface area contributed by atoms with Gasteiger partial charge >= 0.3 is 0 Å². The molecule has 0 fully saturated rings. The molecule has 0 aromatic heterocycles. The number of unbranched alkanes of at least 4 members (excludes halogenated alkanes) is 1. The molecule has 0 saturated heterocycles. The summed E-state index contributed by atoms with van der Waals surface area (Å²) in [6.45, 7) is 3.37. The molecule has 0 spiro atoms. The first-order valence-corrected chi connectivity index (χ1v) is 9.30. The standard InChI is InChI=1S/C21H27N3O4.ClH/c1-3-4-13-28-18-10-9-15(14-19(18)27-2)20(25)24-17-8-6-5-7-16(17)21(26)23-12-11-22;/h5-10,14H,3-4,11-13,22H2,1-2H3,(H,23,26)(H,24,25);1H. The van der Waals surface area contributed by atoms with Crippen molar-refractivity contribution in [3.8, 4) is 11.5 Å². The number of benzene rings is 2. The van der Waals surface area contributed by atoms with Gasteiger partial charge in [-0.25, -0.2) is 0 Å². The predicted molar refractivity (Wildman–Crippen MR) is 116 cm³/mol. The lowest BCUT2D eigenvalue weighted by Gasteiger charge is -2.13. The Labute approximate surface area is 177 Å². The van der Waals surface area contributed by atoms with Gasteiger partial charge in [-0.1, -0.05) is 25.5 Å². The quantitative estimate of drug-likeness (QED) is 0.511. The van der Waals surface area contributed by atoms with E-state index in [9.17, 15) is 9.59 Å². The molecule has 0 aliphatic rings. The van der Waals surface area contributed by atoms with Gasteiger partial charge in [-0.05, 0) is 36.8 Å². The topological polar surface area (TPSA) is 103 Å². The summed E-state index contributed by atoms with van der Waals surface area (Å²) in [5, 5.41) is 5.48. The van der Waals surface area contributed by atoms with E-state index in [-0.39, 0.29) is 24.2 Å². The van der Waals surface area contributed by atoms with Crippen molar-refractivity contribution < 1.29 is 19.1 Å².